The lowest BCUT2D eigenvalue weighted by molar-refractivity contribution is -0.0939. The number of ether oxygens (including phenoxy) is 1. The van der Waals surface area contributed by atoms with Crippen molar-refractivity contribution in [3.05, 3.63) is 18.0 Å². The molecule has 20 heavy (non-hydrogen) atoms. The first-order valence-electron chi connectivity index (χ1n) is 8.04. The topological polar surface area (TPSA) is 39.1 Å². The maximum atomic E-state index is 6.05. The van der Waals surface area contributed by atoms with Crippen molar-refractivity contribution in [1.29, 1.82) is 0 Å². The van der Waals surface area contributed by atoms with E-state index < -0.39 is 0 Å². The van der Waals surface area contributed by atoms with Gasteiger partial charge >= 0.3 is 0 Å². The highest BCUT2D eigenvalue weighted by atomic mass is 16.5. The molecule has 0 saturated carbocycles. The van der Waals surface area contributed by atoms with E-state index in [0.29, 0.717) is 12.1 Å². The van der Waals surface area contributed by atoms with Crippen LogP contribution in [0, 0.1) is 0 Å². The number of aryl methyl sites for hydroxylation is 1. The third-order valence-corrected chi connectivity index (χ3v) is 4.74. The molecule has 1 aliphatic heterocycles. The Hall–Kier alpha value is -0.870. The van der Waals surface area contributed by atoms with Gasteiger partial charge in [-0.15, -0.1) is 0 Å². The summed E-state index contributed by atoms with van der Waals surface area (Å²) in [6, 6.07) is 0.897. The zero-order valence-corrected chi connectivity index (χ0v) is 13.4. The second-order valence-electron chi connectivity index (χ2n) is 5.95. The van der Waals surface area contributed by atoms with Gasteiger partial charge in [-0.2, -0.15) is 5.10 Å². The fourth-order valence-electron chi connectivity index (χ4n) is 3.14. The van der Waals surface area contributed by atoms with Crippen LogP contribution in [-0.4, -0.2) is 28.0 Å². The molecule has 1 N–H and O–H groups in total. The SMILES string of the molecule is CCn1cc(C(C)NC2CCOC(CC)(CC)C2)cn1. The fraction of sp³-hybridized carbons (Fsp3) is 0.812. The Morgan fingerprint density at radius 3 is 2.80 bits per heavy atom. The van der Waals surface area contributed by atoms with Crippen molar-refractivity contribution in [3.63, 3.8) is 0 Å². The molecule has 4 nitrogen and oxygen atoms in total. The van der Waals surface area contributed by atoms with Crippen molar-refractivity contribution in [2.24, 2.45) is 0 Å². The van der Waals surface area contributed by atoms with Gasteiger partial charge in [0.15, 0.2) is 0 Å². The van der Waals surface area contributed by atoms with Crippen LogP contribution in [0.3, 0.4) is 0 Å². The van der Waals surface area contributed by atoms with Gasteiger partial charge in [0.05, 0.1) is 11.8 Å². The number of nitrogens with one attached hydrogen (secondary N) is 1. The van der Waals surface area contributed by atoms with Crippen LogP contribution in [-0.2, 0) is 11.3 Å². The van der Waals surface area contributed by atoms with Crippen LogP contribution in [0.5, 0.6) is 0 Å². The highest BCUT2D eigenvalue weighted by Crippen LogP contribution is 2.32. The molecular weight excluding hydrogens is 250 g/mol. The summed E-state index contributed by atoms with van der Waals surface area (Å²) in [7, 11) is 0. The first kappa shape index (κ1) is 15.5. The van der Waals surface area contributed by atoms with E-state index in [1.165, 1.54) is 5.56 Å². The van der Waals surface area contributed by atoms with Crippen LogP contribution in [0.2, 0.25) is 0 Å². The van der Waals surface area contributed by atoms with Gasteiger partial charge in [0.25, 0.3) is 0 Å². The van der Waals surface area contributed by atoms with E-state index in [2.05, 4.69) is 44.3 Å². The Kier molecular flexibility index (Phi) is 5.22. The molecule has 0 aliphatic carbocycles. The van der Waals surface area contributed by atoms with Gasteiger partial charge in [0, 0.05) is 37.0 Å². The predicted octanol–water partition coefficient (Wildman–Crippen LogP) is 3.29. The summed E-state index contributed by atoms with van der Waals surface area (Å²) >= 11 is 0. The molecule has 1 aromatic rings. The number of hydrogen-bond acceptors (Lipinski definition) is 3. The molecule has 114 valence electrons. The number of hydrogen-bond donors (Lipinski definition) is 1. The normalized spacial score (nSPS) is 23.7. The van der Waals surface area contributed by atoms with Crippen LogP contribution in [0.1, 0.15) is 65.0 Å². The third-order valence-electron chi connectivity index (χ3n) is 4.74. The van der Waals surface area contributed by atoms with Gasteiger partial charge in [0.2, 0.25) is 0 Å². The Labute approximate surface area is 122 Å². The molecule has 0 bridgehead atoms. The second-order valence-corrected chi connectivity index (χ2v) is 5.95. The summed E-state index contributed by atoms with van der Waals surface area (Å²) < 4.78 is 8.03. The van der Waals surface area contributed by atoms with Gasteiger partial charge in [-0.3, -0.25) is 4.68 Å². The zero-order valence-electron chi connectivity index (χ0n) is 13.4. The smallest absolute Gasteiger partial charge is 0.0692 e. The summed E-state index contributed by atoms with van der Waals surface area (Å²) in [5.74, 6) is 0. The molecule has 1 saturated heterocycles. The van der Waals surface area contributed by atoms with Gasteiger partial charge in [-0.05, 0) is 39.5 Å². The first-order valence-corrected chi connectivity index (χ1v) is 8.04. The van der Waals surface area contributed by atoms with E-state index in [0.717, 1.165) is 38.8 Å². The second kappa shape index (κ2) is 6.72. The van der Waals surface area contributed by atoms with Crippen LogP contribution >= 0.6 is 0 Å². The summed E-state index contributed by atoms with van der Waals surface area (Å²) in [5, 5.41) is 8.12. The summed E-state index contributed by atoms with van der Waals surface area (Å²) in [6.45, 7) is 10.6. The molecular formula is C16H29N3O. The average Bonchev–Trinajstić information content (AvgIpc) is 2.96. The largest absolute Gasteiger partial charge is 0.375 e. The summed E-state index contributed by atoms with van der Waals surface area (Å²) in [5.41, 5.74) is 1.36. The van der Waals surface area contributed by atoms with Gasteiger partial charge in [-0.25, -0.2) is 0 Å². The number of aromatic nitrogens is 2. The minimum Gasteiger partial charge on any atom is -0.375 e. The molecule has 0 spiro atoms. The first-order chi connectivity index (χ1) is 9.62. The summed E-state index contributed by atoms with van der Waals surface area (Å²) in [6.07, 6.45) is 8.55. The van der Waals surface area contributed by atoms with E-state index in [1.807, 2.05) is 10.9 Å². The average molecular weight is 279 g/mol. The third kappa shape index (κ3) is 3.41. The van der Waals surface area contributed by atoms with Gasteiger partial charge in [0.1, 0.15) is 0 Å². The van der Waals surface area contributed by atoms with Crippen LogP contribution < -0.4 is 5.32 Å². The molecule has 1 fully saturated rings. The molecule has 2 rings (SSSR count). The Morgan fingerprint density at radius 2 is 2.20 bits per heavy atom. The molecule has 0 amide bonds. The van der Waals surface area contributed by atoms with E-state index >= 15 is 0 Å². The zero-order chi connectivity index (χ0) is 14.6. The lowest BCUT2D eigenvalue weighted by Gasteiger charge is -2.41. The van der Waals surface area contributed by atoms with Crippen molar-refractivity contribution in [2.75, 3.05) is 6.61 Å². The molecule has 2 atom stereocenters. The number of rotatable bonds is 6. The maximum absolute atomic E-state index is 6.05. The maximum Gasteiger partial charge on any atom is 0.0692 e. The lowest BCUT2D eigenvalue weighted by Crippen LogP contribution is -2.47. The minimum absolute atomic E-state index is 0.0865. The minimum atomic E-state index is 0.0865. The highest BCUT2D eigenvalue weighted by molar-refractivity contribution is 5.09. The quantitative estimate of drug-likeness (QED) is 0.868. The van der Waals surface area contributed by atoms with Crippen molar-refractivity contribution in [1.82, 2.24) is 15.1 Å². The molecule has 2 unspecified atom stereocenters. The van der Waals surface area contributed by atoms with E-state index in [9.17, 15) is 0 Å². The van der Waals surface area contributed by atoms with E-state index in [1.54, 1.807) is 0 Å². The Balaban J connectivity index is 1.95. The fourth-order valence-corrected chi connectivity index (χ4v) is 3.14. The monoisotopic (exact) mass is 279 g/mol. The van der Waals surface area contributed by atoms with Crippen LogP contribution in [0.15, 0.2) is 12.4 Å². The van der Waals surface area contributed by atoms with Crippen LogP contribution in [0.25, 0.3) is 0 Å². The molecule has 4 heteroatoms. The predicted molar refractivity (Wildman–Crippen MR) is 81.7 cm³/mol. The number of nitrogens with zero attached hydrogens (tertiary/aromatic N) is 2. The molecule has 1 aliphatic rings. The van der Waals surface area contributed by atoms with Crippen molar-refractivity contribution < 1.29 is 4.74 Å². The highest BCUT2D eigenvalue weighted by Gasteiger charge is 2.34. The van der Waals surface area contributed by atoms with Crippen molar-refractivity contribution in [2.45, 2.75) is 77.6 Å². The standard InChI is InChI=1S/C16H29N3O/c1-5-16(6-2)10-15(8-9-20-16)18-13(4)14-11-17-19(7-3)12-14/h11-13,15,18H,5-10H2,1-4H3. The Bertz CT molecular complexity index is 412. The molecule has 2 heterocycles. The van der Waals surface area contributed by atoms with Crippen molar-refractivity contribution in [3.8, 4) is 0 Å². The molecule has 1 aromatic heterocycles. The van der Waals surface area contributed by atoms with Gasteiger partial charge < -0.3 is 10.1 Å². The van der Waals surface area contributed by atoms with Crippen LogP contribution in [0.4, 0.5) is 0 Å². The van der Waals surface area contributed by atoms with Crippen molar-refractivity contribution >= 4 is 0 Å². The molecule has 0 radical (unpaired) electrons. The van der Waals surface area contributed by atoms with Gasteiger partial charge in [-0.1, -0.05) is 13.8 Å². The van der Waals surface area contributed by atoms with E-state index in [4.69, 9.17) is 4.74 Å². The van der Waals surface area contributed by atoms with E-state index in [-0.39, 0.29) is 5.60 Å². The lowest BCUT2D eigenvalue weighted by atomic mass is 9.85. The molecule has 0 aromatic carbocycles. The Morgan fingerprint density at radius 1 is 1.45 bits per heavy atom. The summed E-state index contributed by atoms with van der Waals surface area (Å²) in [4.78, 5) is 0.